The Morgan fingerprint density at radius 1 is 1.18 bits per heavy atom. The number of aliphatic hydroxyl groups is 2. The maximum absolute atomic E-state index is 10.2. The van der Waals surface area contributed by atoms with Crippen LogP contribution in [0.3, 0.4) is 0 Å². The summed E-state index contributed by atoms with van der Waals surface area (Å²) < 4.78 is 0. The molecule has 5 heteroatoms. The summed E-state index contributed by atoms with van der Waals surface area (Å²) in [6.45, 7) is 1.72. The van der Waals surface area contributed by atoms with Gasteiger partial charge in [0.25, 0.3) is 0 Å². The Hall–Kier alpha value is -1.43. The summed E-state index contributed by atoms with van der Waals surface area (Å²) in [5.74, 6) is -1.23. The first-order valence-electron chi connectivity index (χ1n) is 5.16. The topological polar surface area (TPSA) is 81.0 Å². The van der Waals surface area contributed by atoms with Crippen molar-refractivity contribution in [2.45, 2.75) is 19.3 Å². The van der Waals surface area contributed by atoms with Gasteiger partial charge < -0.3 is 15.3 Å². The van der Waals surface area contributed by atoms with Crippen LogP contribution in [-0.2, 0) is 4.79 Å². The Labute approximate surface area is 101 Å². The van der Waals surface area contributed by atoms with Gasteiger partial charge in [0.05, 0.1) is 0 Å². The Kier molecular flexibility index (Phi) is 7.13. The summed E-state index contributed by atoms with van der Waals surface area (Å²) in [6.07, 6.45) is -1.72. The first kappa shape index (κ1) is 15.6. The van der Waals surface area contributed by atoms with Gasteiger partial charge >= 0.3 is 5.97 Å². The van der Waals surface area contributed by atoms with E-state index in [-0.39, 0.29) is 6.23 Å². The van der Waals surface area contributed by atoms with Crippen LogP contribution in [0.2, 0.25) is 0 Å². The molecule has 1 rings (SSSR count). The van der Waals surface area contributed by atoms with E-state index < -0.39 is 12.1 Å². The number of carboxylic acids is 1. The molecule has 0 radical (unpaired) electrons. The molecule has 0 aliphatic heterocycles. The van der Waals surface area contributed by atoms with Crippen molar-refractivity contribution in [3.05, 3.63) is 35.9 Å². The highest BCUT2D eigenvalue weighted by Crippen LogP contribution is 2.10. The Balaban J connectivity index is 0.000000366. The van der Waals surface area contributed by atoms with Crippen molar-refractivity contribution in [2.75, 3.05) is 14.1 Å². The SMILES string of the molecule is CC(O)N(C)C.O=C(O)[C@H](O)c1ccccc1. The third kappa shape index (κ3) is 6.68. The van der Waals surface area contributed by atoms with Crippen molar-refractivity contribution in [3.8, 4) is 0 Å². The van der Waals surface area contributed by atoms with Crippen LogP contribution in [0.1, 0.15) is 18.6 Å². The van der Waals surface area contributed by atoms with Gasteiger partial charge in [-0.05, 0) is 26.6 Å². The van der Waals surface area contributed by atoms with E-state index in [9.17, 15) is 4.79 Å². The Morgan fingerprint density at radius 2 is 1.59 bits per heavy atom. The lowest BCUT2D eigenvalue weighted by Gasteiger charge is -2.11. The molecule has 0 saturated carbocycles. The zero-order chi connectivity index (χ0) is 13.4. The summed E-state index contributed by atoms with van der Waals surface area (Å²) in [6, 6.07) is 8.26. The molecule has 0 saturated heterocycles. The summed E-state index contributed by atoms with van der Waals surface area (Å²) in [4.78, 5) is 12.0. The van der Waals surface area contributed by atoms with Crippen molar-refractivity contribution in [2.24, 2.45) is 0 Å². The fourth-order valence-corrected chi connectivity index (χ4v) is 0.778. The third-order valence-electron chi connectivity index (χ3n) is 2.10. The molecule has 17 heavy (non-hydrogen) atoms. The van der Waals surface area contributed by atoms with E-state index in [0.29, 0.717) is 5.56 Å². The smallest absolute Gasteiger partial charge is 0.337 e. The average molecular weight is 241 g/mol. The predicted molar refractivity (Wildman–Crippen MR) is 64.4 cm³/mol. The number of hydrogen-bond donors (Lipinski definition) is 3. The van der Waals surface area contributed by atoms with Crippen LogP contribution in [0.5, 0.6) is 0 Å². The number of aliphatic carboxylic acids is 1. The quantitative estimate of drug-likeness (QED) is 0.678. The zero-order valence-corrected chi connectivity index (χ0v) is 10.2. The number of carboxylic acid groups (broad SMARTS) is 1. The van der Waals surface area contributed by atoms with Gasteiger partial charge in [0, 0.05) is 0 Å². The summed E-state index contributed by atoms with van der Waals surface area (Å²) in [5.41, 5.74) is 0.403. The van der Waals surface area contributed by atoms with Crippen LogP contribution in [0.4, 0.5) is 0 Å². The van der Waals surface area contributed by atoms with Gasteiger partial charge in [-0.1, -0.05) is 30.3 Å². The van der Waals surface area contributed by atoms with Gasteiger partial charge in [0.15, 0.2) is 6.10 Å². The minimum Gasteiger partial charge on any atom is -0.479 e. The second-order valence-corrected chi connectivity index (χ2v) is 3.75. The number of rotatable bonds is 3. The minimum absolute atomic E-state index is 0.315. The van der Waals surface area contributed by atoms with Crippen molar-refractivity contribution >= 4 is 5.97 Å². The van der Waals surface area contributed by atoms with Crippen LogP contribution in [0.25, 0.3) is 0 Å². The predicted octanol–water partition coefficient (Wildman–Crippen LogP) is 0.691. The molecule has 0 aliphatic rings. The highest BCUT2D eigenvalue weighted by Gasteiger charge is 2.14. The molecule has 0 bridgehead atoms. The van der Waals surface area contributed by atoms with Crippen LogP contribution in [0.15, 0.2) is 30.3 Å². The zero-order valence-electron chi connectivity index (χ0n) is 10.2. The first-order valence-corrected chi connectivity index (χ1v) is 5.16. The molecule has 0 aliphatic carbocycles. The lowest BCUT2D eigenvalue weighted by Crippen LogP contribution is -2.23. The standard InChI is InChI=1S/C8H8O3.C4H11NO/c9-7(8(10)11)6-4-2-1-3-5-6;1-4(6)5(2)3/h1-5,7,9H,(H,10,11);4,6H,1-3H3/t7-;/m1./s1. The number of benzene rings is 1. The monoisotopic (exact) mass is 241 g/mol. The molecule has 0 aromatic heterocycles. The van der Waals surface area contributed by atoms with Gasteiger partial charge in [-0.3, -0.25) is 4.90 Å². The molecule has 1 aromatic carbocycles. The van der Waals surface area contributed by atoms with E-state index in [1.54, 1.807) is 42.2 Å². The molecule has 0 amide bonds. The molecule has 5 nitrogen and oxygen atoms in total. The second kappa shape index (κ2) is 7.78. The van der Waals surface area contributed by atoms with Crippen molar-refractivity contribution in [1.29, 1.82) is 0 Å². The summed E-state index contributed by atoms with van der Waals surface area (Å²) in [5, 5.41) is 25.9. The van der Waals surface area contributed by atoms with Gasteiger partial charge in [-0.25, -0.2) is 4.79 Å². The van der Waals surface area contributed by atoms with Crippen LogP contribution >= 0.6 is 0 Å². The van der Waals surface area contributed by atoms with Crippen LogP contribution < -0.4 is 0 Å². The van der Waals surface area contributed by atoms with Gasteiger partial charge in [-0.15, -0.1) is 0 Å². The molecular formula is C12H19NO4. The van der Waals surface area contributed by atoms with Crippen molar-refractivity contribution in [1.82, 2.24) is 4.90 Å². The summed E-state index contributed by atoms with van der Waals surface area (Å²) in [7, 11) is 3.65. The van der Waals surface area contributed by atoms with E-state index >= 15 is 0 Å². The lowest BCUT2D eigenvalue weighted by atomic mass is 10.1. The third-order valence-corrected chi connectivity index (χ3v) is 2.10. The Bertz CT molecular complexity index is 319. The summed E-state index contributed by atoms with van der Waals surface area (Å²) >= 11 is 0. The van der Waals surface area contributed by atoms with Crippen LogP contribution in [-0.4, -0.2) is 46.5 Å². The molecule has 3 N–H and O–H groups in total. The molecule has 1 aromatic rings. The average Bonchev–Trinajstić information content (AvgIpc) is 2.29. The minimum atomic E-state index is -1.41. The molecule has 0 fully saturated rings. The normalized spacial score (nSPS) is 13.5. The highest BCUT2D eigenvalue weighted by atomic mass is 16.4. The fourth-order valence-electron chi connectivity index (χ4n) is 0.778. The Morgan fingerprint density at radius 3 is 1.88 bits per heavy atom. The molecule has 1 unspecified atom stereocenters. The lowest BCUT2D eigenvalue weighted by molar-refractivity contribution is -0.146. The maximum atomic E-state index is 10.2. The molecule has 2 atom stereocenters. The number of hydrogen-bond acceptors (Lipinski definition) is 4. The van der Waals surface area contributed by atoms with E-state index in [1.807, 2.05) is 14.1 Å². The maximum Gasteiger partial charge on any atom is 0.337 e. The van der Waals surface area contributed by atoms with E-state index in [1.165, 1.54) is 0 Å². The highest BCUT2D eigenvalue weighted by molar-refractivity contribution is 5.73. The fraction of sp³-hybridized carbons (Fsp3) is 0.417. The molecule has 0 spiro atoms. The van der Waals surface area contributed by atoms with E-state index in [4.69, 9.17) is 15.3 Å². The van der Waals surface area contributed by atoms with E-state index in [0.717, 1.165) is 0 Å². The van der Waals surface area contributed by atoms with Gasteiger partial charge in [-0.2, -0.15) is 0 Å². The van der Waals surface area contributed by atoms with Crippen LogP contribution in [0, 0.1) is 0 Å². The largest absolute Gasteiger partial charge is 0.479 e. The molecule has 96 valence electrons. The second-order valence-electron chi connectivity index (χ2n) is 3.75. The molecular weight excluding hydrogens is 222 g/mol. The number of carbonyl (C=O) groups is 1. The first-order chi connectivity index (χ1) is 7.86. The molecule has 0 heterocycles. The van der Waals surface area contributed by atoms with E-state index in [2.05, 4.69) is 0 Å². The van der Waals surface area contributed by atoms with Gasteiger partial charge in [0.2, 0.25) is 0 Å². The number of aliphatic hydroxyl groups excluding tert-OH is 2. The van der Waals surface area contributed by atoms with Gasteiger partial charge in [0.1, 0.15) is 6.23 Å². The number of nitrogens with zero attached hydrogens (tertiary/aromatic N) is 1. The van der Waals surface area contributed by atoms with Crippen molar-refractivity contribution in [3.63, 3.8) is 0 Å². The van der Waals surface area contributed by atoms with Crippen molar-refractivity contribution < 1.29 is 20.1 Å².